The summed E-state index contributed by atoms with van der Waals surface area (Å²) >= 11 is 0. The van der Waals surface area contributed by atoms with Crippen LogP contribution in [0.15, 0.2) is 12.7 Å². The second-order valence-corrected chi connectivity index (χ2v) is 3.65. The minimum absolute atomic E-state index is 0.527. The highest BCUT2D eigenvalue weighted by atomic mass is 16.5. The molecule has 0 spiro atoms. The van der Waals surface area contributed by atoms with Gasteiger partial charge in [-0.05, 0) is 32.2 Å². The van der Waals surface area contributed by atoms with Crippen LogP contribution in [0.5, 0.6) is 0 Å². The molecule has 0 aromatic rings. The summed E-state index contributed by atoms with van der Waals surface area (Å²) in [4.78, 5) is 0. The maximum Gasteiger partial charge on any atom is 0.0615 e. The molecule has 0 saturated heterocycles. The first-order chi connectivity index (χ1) is 6.85. The smallest absolute Gasteiger partial charge is 0.0615 e. The lowest BCUT2D eigenvalue weighted by molar-refractivity contribution is 0.164. The van der Waals surface area contributed by atoms with E-state index in [2.05, 4.69) is 18.8 Å². The first-order valence-corrected chi connectivity index (χ1v) is 5.68. The molecule has 0 aromatic heterocycles. The Morgan fingerprint density at radius 2 is 2.14 bits per heavy atom. The largest absolute Gasteiger partial charge is 0.383 e. The van der Waals surface area contributed by atoms with E-state index in [1.54, 1.807) is 7.11 Å². The highest BCUT2D eigenvalue weighted by Crippen LogP contribution is 1.99. The first kappa shape index (κ1) is 13.7. The van der Waals surface area contributed by atoms with E-state index in [9.17, 15) is 0 Å². The normalized spacial score (nSPS) is 12.7. The van der Waals surface area contributed by atoms with E-state index in [0.717, 1.165) is 26.0 Å². The van der Waals surface area contributed by atoms with Crippen molar-refractivity contribution in [2.45, 2.75) is 45.1 Å². The second-order valence-electron chi connectivity index (χ2n) is 3.65. The van der Waals surface area contributed by atoms with Gasteiger partial charge < -0.3 is 10.1 Å². The molecule has 1 unspecified atom stereocenters. The van der Waals surface area contributed by atoms with Crippen molar-refractivity contribution in [2.75, 3.05) is 20.3 Å². The van der Waals surface area contributed by atoms with Gasteiger partial charge in [-0.1, -0.05) is 19.4 Å². The zero-order valence-electron chi connectivity index (χ0n) is 9.72. The van der Waals surface area contributed by atoms with Crippen LogP contribution in [0.3, 0.4) is 0 Å². The molecule has 0 aliphatic heterocycles. The Bertz CT molecular complexity index is 125. The maximum atomic E-state index is 5.11. The molecular formula is C12H25NO. The molecule has 0 heterocycles. The van der Waals surface area contributed by atoms with Crippen LogP contribution in [0, 0.1) is 0 Å². The maximum absolute atomic E-state index is 5.11. The van der Waals surface area contributed by atoms with Gasteiger partial charge in [0.2, 0.25) is 0 Å². The SMILES string of the molecule is C=CCCCCCNC(CC)COC. The van der Waals surface area contributed by atoms with Crippen LogP contribution >= 0.6 is 0 Å². The van der Waals surface area contributed by atoms with Crippen molar-refractivity contribution < 1.29 is 4.74 Å². The Hall–Kier alpha value is -0.340. The van der Waals surface area contributed by atoms with Gasteiger partial charge in [0.25, 0.3) is 0 Å². The third-order valence-electron chi connectivity index (χ3n) is 2.38. The van der Waals surface area contributed by atoms with Crippen molar-refractivity contribution in [3.05, 3.63) is 12.7 Å². The Balaban J connectivity index is 3.19. The van der Waals surface area contributed by atoms with E-state index >= 15 is 0 Å². The molecule has 0 saturated carbocycles. The van der Waals surface area contributed by atoms with Crippen LogP contribution in [0.4, 0.5) is 0 Å². The average molecular weight is 199 g/mol. The molecule has 0 aromatic carbocycles. The van der Waals surface area contributed by atoms with Gasteiger partial charge in [0, 0.05) is 13.2 Å². The summed E-state index contributed by atoms with van der Waals surface area (Å²) < 4.78 is 5.11. The van der Waals surface area contributed by atoms with Gasteiger partial charge in [0.1, 0.15) is 0 Å². The quantitative estimate of drug-likeness (QED) is 0.431. The zero-order chi connectivity index (χ0) is 10.6. The summed E-state index contributed by atoms with van der Waals surface area (Å²) in [6, 6.07) is 0.527. The number of unbranched alkanes of at least 4 members (excludes halogenated alkanes) is 3. The fourth-order valence-electron chi connectivity index (χ4n) is 1.42. The van der Waals surface area contributed by atoms with E-state index in [1.807, 2.05) is 6.08 Å². The van der Waals surface area contributed by atoms with Crippen LogP contribution in [-0.2, 0) is 4.74 Å². The Labute approximate surface area is 88.7 Å². The first-order valence-electron chi connectivity index (χ1n) is 5.68. The number of ether oxygens (including phenoxy) is 1. The molecule has 0 amide bonds. The van der Waals surface area contributed by atoms with Gasteiger partial charge in [-0.15, -0.1) is 6.58 Å². The summed E-state index contributed by atoms with van der Waals surface area (Å²) in [6.07, 6.45) is 8.10. The third kappa shape index (κ3) is 8.27. The molecule has 0 aliphatic rings. The summed E-state index contributed by atoms with van der Waals surface area (Å²) in [5, 5.41) is 3.50. The molecule has 2 heteroatoms. The molecule has 0 aliphatic carbocycles. The van der Waals surface area contributed by atoms with Crippen molar-refractivity contribution in [1.29, 1.82) is 0 Å². The lowest BCUT2D eigenvalue weighted by atomic mass is 10.2. The standard InChI is InChI=1S/C12H25NO/c1-4-6-7-8-9-10-13-12(5-2)11-14-3/h4,12-13H,1,5-11H2,2-3H3. The van der Waals surface area contributed by atoms with Crippen molar-refractivity contribution in [2.24, 2.45) is 0 Å². The molecule has 14 heavy (non-hydrogen) atoms. The van der Waals surface area contributed by atoms with Gasteiger partial charge in [-0.3, -0.25) is 0 Å². The molecular weight excluding hydrogens is 174 g/mol. The molecule has 2 nitrogen and oxygen atoms in total. The predicted octanol–water partition coefficient (Wildman–Crippen LogP) is 2.75. The summed E-state index contributed by atoms with van der Waals surface area (Å²) in [5.41, 5.74) is 0. The van der Waals surface area contributed by atoms with Gasteiger partial charge in [-0.25, -0.2) is 0 Å². The van der Waals surface area contributed by atoms with E-state index < -0.39 is 0 Å². The highest BCUT2D eigenvalue weighted by Gasteiger charge is 2.02. The minimum atomic E-state index is 0.527. The average Bonchev–Trinajstić information content (AvgIpc) is 2.21. The molecule has 1 N–H and O–H groups in total. The summed E-state index contributed by atoms with van der Waals surface area (Å²) in [5.74, 6) is 0. The number of hydrogen-bond acceptors (Lipinski definition) is 2. The zero-order valence-corrected chi connectivity index (χ0v) is 9.72. The van der Waals surface area contributed by atoms with Crippen molar-refractivity contribution in [3.63, 3.8) is 0 Å². The summed E-state index contributed by atoms with van der Waals surface area (Å²) in [6.45, 7) is 7.83. The Kier molecular flexibility index (Phi) is 10.5. The Morgan fingerprint density at radius 3 is 2.71 bits per heavy atom. The molecule has 0 fully saturated rings. The van der Waals surface area contributed by atoms with Crippen LogP contribution < -0.4 is 5.32 Å². The van der Waals surface area contributed by atoms with E-state index in [-0.39, 0.29) is 0 Å². The lowest BCUT2D eigenvalue weighted by Crippen LogP contribution is -2.33. The van der Waals surface area contributed by atoms with E-state index in [4.69, 9.17) is 4.74 Å². The second kappa shape index (κ2) is 10.7. The van der Waals surface area contributed by atoms with Crippen molar-refractivity contribution in [3.8, 4) is 0 Å². The van der Waals surface area contributed by atoms with Crippen LogP contribution in [0.2, 0.25) is 0 Å². The lowest BCUT2D eigenvalue weighted by Gasteiger charge is -2.15. The number of methoxy groups -OCH3 is 1. The fourth-order valence-corrected chi connectivity index (χ4v) is 1.42. The summed E-state index contributed by atoms with van der Waals surface area (Å²) in [7, 11) is 1.76. The molecule has 0 rings (SSSR count). The van der Waals surface area contributed by atoms with Crippen LogP contribution in [0.1, 0.15) is 39.0 Å². The van der Waals surface area contributed by atoms with Gasteiger partial charge >= 0.3 is 0 Å². The topological polar surface area (TPSA) is 21.3 Å². The molecule has 84 valence electrons. The van der Waals surface area contributed by atoms with Gasteiger partial charge in [0.15, 0.2) is 0 Å². The highest BCUT2D eigenvalue weighted by molar-refractivity contribution is 4.66. The molecule has 1 atom stereocenters. The third-order valence-corrected chi connectivity index (χ3v) is 2.38. The van der Waals surface area contributed by atoms with Gasteiger partial charge in [-0.2, -0.15) is 0 Å². The monoisotopic (exact) mass is 199 g/mol. The number of hydrogen-bond donors (Lipinski definition) is 1. The van der Waals surface area contributed by atoms with Crippen LogP contribution in [-0.4, -0.2) is 26.3 Å². The fraction of sp³-hybridized carbons (Fsp3) is 0.833. The Morgan fingerprint density at radius 1 is 1.36 bits per heavy atom. The van der Waals surface area contributed by atoms with E-state index in [0.29, 0.717) is 6.04 Å². The number of allylic oxidation sites excluding steroid dienone is 1. The number of rotatable bonds is 10. The minimum Gasteiger partial charge on any atom is -0.383 e. The number of nitrogens with one attached hydrogen (secondary N) is 1. The van der Waals surface area contributed by atoms with Crippen molar-refractivity contribution in [1.82, 2.24) is 5.32 Å². The van der Waals surface area contributed by atoms with Crippen LogP contribution in [0.25, 0.3) is 0 Å². The molecule has 0 bridgehead atoms. The van der Waals surface area contributed by atoms with E-state index in [1.165, 1.54) is 19.3 Å². The molecule has 0 radical (unpaired) electrons. The predicted molar refractivity (Wildman–Crippen MR) is 62.6 cm³/mol. The van der Waals surface area contributed by atoms with Crippen molar-refractivity contribution >= 4 is 0 Å². The van der Waals surface area contributed by atoms with Gasteiger partial charge in [0.05, 0.1) is 6.61 Å².